The molecule has 0 rings (SSSR count). The van der Waals surface area contributed by atoms with Crippen LogP contribution in [0.1, 0.15) is 297 Å². The quantitative estimate of drug-likeness (QED) is 0.0346. The summed E-state index contributed by atoms with van der Waals surface area (Å²) in [5.41, 5.74) is 0. The molecule has 0 N–H and O–H groups in total. The first kappa shape index (κ1) is 56.4. The summed E-state index contributed by atoms with van der Waals surface area (Å²) in [7, 11) is 0. The molecule has 0 radical (unpaired) electrons. The molecular formula is C52H100O6. The van der Waals surface area contributed by atoms with Crippen LogP contribution in [0.25, 0.3) is 0 Å². The monoisotopic (exact) mass is 821 g/mol. The molecule has 1 atom stereocenters. The molecule has 0 aliphatic heterocycles. The Hall–Kier alpha value is -1.59. The maximum atomic E-state index is 12.8. The van der Waals surface area contributed by atoms with Crippen molar-refractivity contribution in [2.45, 2.75) is 303 Å². The fourth-order valence-electron chi connectivity index (χ4n) is 7.92. The normalized spacial score (nSPS) is 11.8. The van der Waals surface area contributed by atoms with E-state index in [0.717, 1.165) is 57.8 Å². The highest BCUT2D eigenvalue weighted by molar-refractivity contribution is 5.71. The van der Waals surface area contributed by atoms with Crippen molar-refractivity contribution in [3.05, 3.63) is 0 Å². The average molecular weight is 821 g/mol. The summed E-state index contributed by atoms with van der Waals surface area (Å²) in [5.74, 6) is -0.841. The Balaban J connectivity index is 4.28. The first-order valence-electron chi connectivity index (χ1n) is 26.0. The lowest BCUT2D eigenvalue weighted by atomic mass is 10.0. The highest BCUT2D eigenvalue weighted by atomic mass is 16.6. The Labute approximate surface area is 361 Å². The van der Waals surface area contributed by atoms with Crippen LogP contribution >= 0.6 is 0 Å². The van der Waals surface area contributed by atoms with Gasteiger partial charge in [0.25, 0.3) is 0 Å². The van der Waals surface area contributed by atoms with E-state index in [2.05, 4.69) is 20.8 Å². The van der Waals surface area contributed by atoms with E-state index in [1.807, 2.05) is 0 Å². The van der Waals surface area contributed by atoms with Gasteiger partial charge in [-0.15, -0.1) is 0 Å². The summed E-state index contributed by atoms with van der Waals surface area (Å²) in [6, 6.07) is 0. The summed E-state index contributed by atoms with van der Waals surface area (Å²) < 4.78 is 16.8. The molecule has 0 aromatic rings. The highest BCUT2D eigenvalue weighted by Crippen LogP contribution is 2.17. The fourth-order valence-corrected chi connectivity index (χ4v) is 7.92. The lowest BCUT2D eigenvalue weighted by Crippen LogP contribution is -2.30. The van der Waals surface area contributed by atoms with Crippen LogP contribution in [-0.4, -0.2) is 37.2 Å². The minimum absolute atomic E-state index is 0.0617. The summed E-state index contributed by atoms with van der Waals surface area (Å²) in [4.78, 5) is 37.9. The summed E-state index contributed by atoms with van der Waals surface area (Å²) in [5, 5.41) is 0. The molecule has 0 fully saturated rings. The van der Waals surface area contributed by atoms with Crippen molar-refractivity contribution in [1.82, 2.24) is 0 Å². The molecule has 0 amide bonds. The molecule has 58 heavy (non-hydrogen) atoms. The third-order valence-electron chi connectivity index (χ3n) is 11.9. The molecule has 0 saturated heterocycles. The second-order valence-corrected chi connectivity index (χ2v) is 17.8. The Morgan fingerprint density at radius 3 is 0.690 bits per heavy atom. The number of hydrogen-bond acceptors (Lipinski definition) is 6. The van der Waals surface area contributed by atoms with Crippen LogP contribution in [0.5, 0.6) is 0 Å². The third-order valence-corrected chi connectivity index (χ3v) is 11.9. The van der Waals surface area contributed by atoms with Crippen LogP contribution in [0.4, 0.5) is 0 Å². The minimum atomic E-state index is -0.759. The number of rotatable bonds is 48. The van der Waals surface area contributed by atoms with Gasteiger partial charge in [-0.05, 0) is 19.3 Å². The predicted molar refractivity (Wildman–Crippen MR) is 247 cm³/mol. The van der Waals surface area contributed by atoms with Crippen LogP contribution in [0.2, 0.25) is 0 Å². The van der Waals surface area contributed by atoms with Gasteiger partial charge in [-0.1, -0.05) is 258 Å². The lowest BCUT2D eigenvalue weighted by Gasteiger charge is -2.18. The van der Waals surface area contributed by atoms with E-state index in [1.54, 1.807) is 0 Å². The van der Waals surface area contributed by atoms with Crippen LogP contribution < -0.4 is 0 Å². The minimum Gasteiger partial charge on any atom is -0.462 e. The van der Waals surface area contributed by atoms with E-state index in [4.69, 9.17) is 14.2 Å². The zero-order chi connectivity index (χ0) is 42.3. The second kappa shape index (κ2) is 48.1. The molecule has 0 bridgehead atoms. The van der Waals surface area contributed by atoms with E-state index in [9.17, 15) is 14.4 Å². The lowest BCUT2D eigenvalue weighted by molar-refractivity contribution is -0.167. The topological polar surface area (TPSA) is 78.9 Å². The van der Waals surface area contributed by atoms with Gasteiger partial charge < -0.3 is 14.2 Å². The van der Waals surface area contributed by atoms with Crippen molar-refractivity contribution < 1.29 is 28.6 Å². The third kappa shape index (κ3) is 45.5. The number of carbonyl (C=O) groups excluding carboxylic acids is 3. The Morgan fingerprint density at radius 2 is 0.466 bits per heavy atom. The van der Waals surface area contributed by atoms with Gasteiger partial charge in [0.2, 0.25) is 0 Å². The highest BCUT2D eigenvalue weighted by Gasteiger charge is 2.19. The van der Waals surface area contributed by atoms with E-state index < -0.39 is 6.10 Å². The average Bonchev–Trinajstić information content (AvgIpc) is 3.22. The van der Waals surface area contributed by atoms with E-state index in [1.165, 1.54) is 199 Å². The Kier molecular flexibility index (Phi) is 46.8. The summed E-state index contributed by atoms with van der Waals surface area (Å²) in [6.45, 7) is 6.68. The van der Waals surface area contributed by atoms with Gasteiger partial charge in [0, 0.05) is 19.3 Å². The number of esters is 3. The maximum Gasteiger partial charge on any atom is 0.306 e. The zero-order valence-electron chi connectivity index (χ0n) is 39.3. The standard InChI is InChI=1S/C52H100O6/c1-4-7-10-13-16-19-22-25-26-27-28-31-33-36-39-42-45-51(54)57-48-49(58-52(55)46-43-40-37-34-30-24-21-18-15-12-9-6-3)47-56-50(53)44-41-38-35-32-29-23-20-17-14-11-8-5-2/h49H,4-48H2,1-3H3. The van der Waals surface area contributed by atoms with Crippen molar-refractivity contribution in [3.8, 4) is 0 Å². The molecule has 0 aromatic heterocycles. The first-order chi connectivity index (χ1) is 28.5. The van der Waals surface area contributed by atoms with Crippen molar-refractivity contribution >= 4 is 17.9 Å². The number of carbonyl (C=O) groups is 3. The van der Waals surface area contributed by atoms with Gasteiger partial charge >= 0.3 is 17.9 Å². The molecule has 1 unspecified atom stereocenters. The van der Waals surface area contributed by atoms with Crippen LogP contribution in [-0.2, 0) is 28.6 Å². The van der Waals surface area contributed by atoms with Gasteiger partial charge in [0.15, 0.2) is 6.10 Å². The van der Waals surface area contributed by atoms with Gasteiger partial charge in [0.05, 0.1) is 0 Å². The molecule has 344 valence electrons. The molecular weight excluding hydrogens is 721 g/mol. The maximum absolute atomic E-state index is 12.8. The smallest absolute Gasteiger partial charge is 0.306 e. The van der Waals surface area contributed by atoms with Gasteiger partial charge in [-0.25, -0.2) is 0 Å². The Morgan fingerprint density at radius 1 is 0.276 bits per heavy atom. The van der Waals surface area contributed by atoms with Gasteiger partial charge in [-0.2, -0.15) is 0 Å². The van der Waals surface area contributed by atoms with Gasteiger partial charge in [0.1, 0.15) is 13.2 Å². The molecule has 0 spiro atoms. The molecule has 0 aliphatic carbocycles. The van der Waals surface area contributed by atoms with Crippen molar-refractivity contribution in [1.29, 1.82) is 0 Å². The number of ether oxygens (including phenoxy) is 3. The van der Waals surface area contributed by atoms with Crippen LogP contribution in [0.3, 0.4) is 0 Å². The molecule has 0 heterocycles. The SMILES string of the molecule is CCCCCCCCCCCCCCCCCCC(=O)OCC(COC(=O)CCCCCCCCCCCCCC)OC(=O)CCCCCCCCCCCCCC. The predicted octanol–water partition coefficient (Wildman–Crippen LogP) is 16.8. The summed E-state index contributed by atoms with van der Waals surface area (Å²) in [6.07, 6.45) is 50.8. The van der Waals surface area contributed by atoms with Crippen molar-refractivity contribution in [3.63, 3.8) is 0 Å². The number of unbranched alkanes of at least 4 members (excludes halogenated alkanes) is 37. The van der Waals surface area contributed by atoms with E-state index >= 15 is 0 Å². The van der Waals surface area contributed by atoms with Crippen molar-refractivity contribution in [2.75, 3.05) is 13.2 Å². The van der Waals surface area contributed by atoms with Crippen molar-refractivity contribution in [2.24, 2.45) is 0 Å². The first-order valence-corrected chi connectivity index (χ1v) is 26.0. The molecule has 0 aromatic carbocycles. The van der Waals surface area contributed by atoms with Gasteiger partial charge in [-0.3, -0.25) is 14.4 Å². The zero-order valence-corrected chi connectivity index (χ0v) is 39.3. The Bertz CT molecular complexity index is 859. The van der Waals surface area contributed by atoms with E-state index in [-0.39, 0.29) is 31.1 Å². The molecule has 0 saturated carbocycles. The molecule has 0 aliphatic rings. The van der Waals surface area contributed by atoms with Crippen LogP contribution in [0, 0.1) is 0 Å². The molecule has 6 heteroatoms. The van der Waals surface area contributed by atoms with E-state index in [0.29, 0.717) is 19.3 Å². The fraction of sp³-hybridized carbons (Fsp3) is 0.942. The summed E-state index contributed by atoms with van der Waals surface area (Å²) >= 11 is 0. The molecule has 6 nitrogen and oxygen atoms in total. The van der Waals surface area contributed by atoms with Crippen LogP contribution in [0.15, 0.2) is 0 Å². The number of hydrogen-bond donors (Lipinski definition) is 0. The second-order valence-electron chi connectivity index (χ2n) is 17.8. The largest absolute Gasteiger partial charge is 0.462 e.